The van der Waals surface area contributed by atoms with E-state index in [2.05, 4.69) is 34.6 Å². The molecule has 0 spiro atoms. The Morgan fingerprint density at radius 1 is 1.44 bits per heavy atom. The predicted octanol–water partition coefficient (Wildman–Crippen LogP) is 1.67. The van der Waals surface area contributed by atoms with Gasteiger partial charge in [0.1, 0.15) is 0 Å². The highest BCUT2D eigenvalue weighted by Crippen LogP contribution is 2.34. The molecule has 4 nitrogen and oxygen atoms in total. The van der Waals surface area contributed by atoms with Crippen molar-refractivity contribution in [3.8, 4) is 0 Å². The Labute approximate surface area is 107 Å². The Morgan fingerprint density at radius 2 is 2.33 bits per heavy atom. The first-order chi connectivity index (χ1) is 8.79. The molecular formula is C14H20N4. The molecule has 2 aromatic rings. The van der Waals surface area contributed by atoms with E-state index in [0.717, 1.165) is 25.0 Å². The number of hydrogen-bond acceptors (Lipinski definition) is 3. The van der Waals surface area contributed by atoms with Gasteiger partial charge in [-0.05, 0) is 49.4 Å². The lowest BCUT2D eigenvalue weighted by atomic mass is 9.83. The highest BCUT2D eigenvalue weighted by atomic mass is 15.1. The van der Waals surface area contributed by atoms with Crippen LogP contribution in [0.4, 0.5) is 0 Å². The second kappa shape index (κ2) is 4.71. The van der Waals surface area contributed by atoms with Crippen LogP contribution in [0.15, 0.2) is 18.3 Å². The molecule has 0 aliphatic carbocycles. The van der Waals surface area contributed by atoms with Gasteiger partial charge in [0.2, 0.25) is 0 Å². The van der Waals surface area contributed by atoms with Crippen molar-refractivity contribution in [3.05, 3.63) is 29.5 Å². The molecule has 18 heavy (non-hydrogen) atoms. The molecule has 1 aromatic heterocycles. The number of nitrogens with two attached hydrogens (primary N) is 1. The maximum absolute atomic E-state index is 5.79. The first-order valence-electron chi connectivity index (χ1n) is 6.65. The Balaban J connectivity index is 2.02. The van der Waals surface area contributed by atoms with Crippen LogP contribution in [-0.2, 0) is 0 Å². The van der Waals surface area contributed by atoms with E-state index in [1.54, 1.807) is 0 Å². The lowest BCUT2D eigenvalue weighted by Crippen LogP contribution is -2.42. The Kier molecular flexibility index (Phi) is 3.06. The fourth-order valence-electron chi connectivity index (χ4n) is 3.14. The topological polar surface area (TPSA) is 66.7 Å². The van der Waals surface area contributed by atoms with Gasteiger partial charge in [-0.15, -0.1) is 0 Å². The van der Waals surface area contributed by atoms with Gasteiger partial charge in [-0.2, -0.15) is 5.10 Å². The molecule has 4 N–H and O–H groups in total. The van der Waals surface area contributed by atoms with E-state index in [1.807, 2.05) is 6.20 Å². The van der Waals surface area contributed by atoms with E-state index >= 15 is 0 Å². The number of benzene rings is 1. The first kappa shape index (κ1) is 11.7. The van der Waals surface area contributed by atoms with Crippen molar-refractivity contribution in [2.45, 2.75) is 31.7 Å². The van der Waals surface area contributed by atoms with Crippen LogP contribution in [-0.4, -0.2) is 29.3 Å². The molecule has 2 heterocycles. The first-order valence-corrected chi connectivity index (χ1v) is 6.65. The Hall–Kier alpha value is -1.39. The second-order valence-corrected chi connectivity index (χ2v) is 5.24. The number of piperidine rings is 1. The fourth-order valence-corrected chi connectivity index (χ4v) is 3.14. The van der Waals surface area contributed by atoms with Crippen LogP contribution in [0.5, 0.6) is 0 Å². The molecule has 4 heteroatoms. The number of aromatic amines is 1. The summed E-state index contributed by atoms with van der Waals surface area (Å²) in [5, 5.41) is 12.0. The average Bonchev–Trinajstić information content (AvgIpc) is 2.87. The second-order valence-electron chi connectivity index (χ2n) is 5.24. The van der Waals surface area contributed by atoms with Gasteiger partial charge in [-0.25, -0.2) is 0 Å². The van der Waals surface area contributed by atoms with Gasteiger partial charge in [-0.3, -0.25) is 5.10 Å². The van der Waals surface area contributed by atoms with Crippen molar-refractivity contribution in [2.24, 2.45) is 5.73 Å². The molecule has 1 fully saturated rings. The number of fused-ring (bicyclic) bond motifs is 1. The van der Waals surface area contributed by atoms with E-state index in [9.17, 15) is 0 Å². The molecule has 1 saturated heterocycles. The largest absolute Gasteiger partial charge is 0.329 e. The van der Waals surface area contributed by atoms with Crippen LogP contribution in [0.1, 0.15) is 29.9 Å². The molecular weight excluding hydrogens is 224 g/mol. The van der Waals surface area contributed by atoms with Crippen LogP contribution >= 0.6 is 0 Å². The van der Waals surface area contributed by atoms with Crippen LogP contribution in [0.3, 0.4) is 0 Å². The van der Waals surface area contributed by atoms with Crippen molar-refractivity contribution in [3.63, 3.8) is 0 Å². The monoisotopic (exact) mass is 244 g/mol. The lowest BCUT2D eigenvalue weighted by molar-refractivity contribution is 0.368. The highest BCUT2D eigenvalue weighted by Gasteiger charge is 2.24. The van der Waals surface area contributed by atoms with Gasteiger partial charge >= 0.3 is 0 Å². The van der Waals surface area contributed by atoms with Gasteiger partial charge < -0.3 is 11.1 Å². The summed E-state index contributed by atoms with van der Waals surface area (Å²) in [7, 11) is 0. The normalized spacial score (nSPS) is 24.6. The summed E-state index contributed by atoms with van der Waals surface area (Å²) in [5.74, 6) is 0.598. The zero-order valence-electron chi connectivity index (χ0n) is 10.7. The summed E-state index contributed by atoms with van der Waals surface area (Å²) < 4.78 is 0. The van der Waals surface area contributed by atoms with Crippen molar-refractivity contribution in [2.75, 3.05) is 13.1 Å². The molecule has 1 aromatic carbocycles. The summed E-state index contributed by atoms with van der Waals surface area (Å²) in [4.78, 5) is 0. The number of H-pyrrole nitrogens is 1. The zero-order chi connectivity index (χ0) is 12.5. The number of aromatic nitrogens is 2. The quantitative estimate of drug-likeness (QED) is 0.752. The van der Waals surface area contributed by atoms with E-state index < -0.39 is 0 Å². The van der Waals surface area contributed by atoms with Gasteiger partial charge in [0.25, 0.3) is 0 Å². The van der Waals surface area contributed by atoms with E-state index in [4.69, 9.17) is 5.73 Å². The standard InChI is InChI=1S/C14H20N4/c1-9-2-3-13-12(8-17-18-13)14(9)10-4-5-16-11(6-10)7-15/h2-3,8,10-11,16H,4-7,15H2,1H3,(H,17,18). The molecule has 2 unspecified atom stereocenters. The van der Waals surface area contributed by atoms with Crippen LogP contribution in [0.2, 0.25) is 0 Å². The third-order valence-electron chi connectivity index (χ3n) is 4.07. The van der Waals surface area contributed by atoms with E-state index in [-0.39, 0.29) is 0 Å². The van der Waals surface area contributed by atoms with E-state index in [1.165, 1.54) is 22.9 Å². The molecule has 96 valence electrons. The lowest BCUT2D eigenvalue weighted by Gasteiger charge is -2.31. The summed E-state index contributed by atoms with van der Waals surface area (Å²) in [6, 6.07) is 4.75. The maximum atomic E-state index is 5.79. The third-order valence-corrected chi connectivity index (χ3v) is 4.07. The number of hydrogen-bond donors (Lipinski definition) is 3. The predicted molar refractivity (Wildman–Crippen MR) is 73.7 cm³/mol. The molecule has 0 saturated carbocycles. The molecule has 2 atom stereocenters. The fraction of sp³-hybridized carbons (Fsp3) is 0.500. The molecule has 0 amide bonds. The van der Waals surface area contributed by atoms with Crippen molar-refractivity contribution in [1.82, 2.24) is 15.5 Å². The smallest absolute Gasteiger partial charge is 0.0653 e. The molecule has 0 radical (unpaired) electrons. The minimum atomic E-state index is 0.449. The number of rotatable bonds is 2. The summed E-state index contributed by atoms with van der Waals surface area (Å²) in [5.41, 5.74) is 9.76. The maximum Gasteiger partial charge on any atom is 0.0653 e. The summed E-state index contributed by atoms with van der Waals surface area (Å²) >= 11 is 0. The molecule has 3 rings (SSSR count). The van der Waals surface area contributed by atoms with Crippen molar-refractivity contribution in [1.29, 1.82) is 0 Å². The molecule has 1 aliphatic rings. The van der Waals surface area contributed by atoms with Crippen molar-refractivity contribution < 1.29 is 0 Å². The minimum Gasteiger partial charge on any atom is -0.329 e. The molecule has 0 bridgehead atoms. The molecule has 1 aliphatic heterocycles. The number of nitrogens with one attached hydrogen (secondary N) is 2. The summed E-state index contributed by atoms with van der Waals surface area (Å²) in [6.45, 7) is 3.97. The Morgan fingerprint density at radius 3 is 3.17 bits per heavy atom. The highest BCUT2D eigenvalue weighted by molar-refractivity contribution is 5.83. The van der Waals surface area contributed by atoms with Gasteiger partial charge in [0, 0.05) is 18.0 Å². The van der Waals surface area contributed by atoms with Gasteiger partial charge in [-0.1, -0.05) is 6.07 Å². The van der Waals surface area contributed by atoms with Gasteiger partial charge in [0.05, 0.1) is 11.7 Å². The van der Waals surface area contributed by atoms with Crippen LogP contribution in [0, 0.1) is 6.92 Å². The zero-order valence-corrected chi connectivity index (χ0v) is 10.7. The number of aryl methyl sites for hydroxylation is 1. The van der Waals surface area contributed by atoms with E-state index in [0.29, 0.717) is 12.0 Å². The van der Waals surface area contributed by atoms with Crippen molar-refractivity contribution >= 4 is 10.9 Å². The average molecular weight is 244 g/mol. The minimum absolute atomic E-state index is 0.449. The third kappa shape index (κ3) is 1.91. The number of nitrogens with zero attached hydrogens (tertiary/aromatic N) is 1. The van der Waals surface area contributed by atoms with Crippen LogP contribution in [0.25, 0.3) is 10.9 Å². The summed E-state index contributed by atoms with van der Waals surface area (Å²) in [6.07, 6.45) is 4.26. The SMILES string of the molecule is Cc1ccc2[nH]ncc2c1C1CCNC(CN)C1. The van der Waals surface area contributed by atoms with Crippen LogP contribution < -0.4 is 11.1 Å². The Bertz CT molecular complexity index is 546. The van der Waals surface area contributed by atoms with Gasteiger partial charge in [0.15, 0.2) is 0 Å².